The summed E-state index contributed by atoms with van der Waals surface area (Å²) in [6.07, 6.45) is 1.46. The summed E-state index contributed by atoms with van der Waals surface area (Å²) in [4.78, 5) is 58.7. The van der Waals surface area contributed by atoms with E-state index in [0.29, 0.717) is 44.6 Å². The SMILES string of the molecule is CC(C)CC(NC(=O)c1ccc(N2CCOCC2)cc1)C(=O)N1CCC2C1C(=O)CN2C(=O)C(N)CC(C)(C)C. The molecule has 3 heterocycles. The number of anilines is 1. The maximum atomic E-state index is 13.8. The van der Waals surface area contributed by atoms with Gasteiger partial charge in [-0.05, 0) is 54.9 Å². The molecule has 3 N–H and O–H groups in total. The molecule has 1 aromatic carbocycles. The summed E-state index contributed by atoms with van der Waals surface area (Å²) >= 11 is 0. The maximum Gasteiger partial charge on any atom is 0.251 e. The Bertz CT molecular complexity index is 1090. The van der Waals surface area contributed by atoms with E-state index < -0.39 is 18.1 Å². The summed E-state index contributed by atoms with van der Waals surface area (Å²) in [5.74, 6) is -0.852. The van der Waals surface area contributed by atoms with Crippen LogP contribution in [0.1, 0.15) is 64.2 Å². The lowest BCUT2D eigenvalue weighted by molar-refractivity contribution is -0.138. The molecule has 3 fully saturated rings. The molecule has 1 aromatic rings. The van der Waals surface area contributed by atoms with Crippen LogP contribution in [0.5, 0.6) is 0 Å². The number of benzene rings is 1. The number of nitrogens with two attached hydrogens (primary N) is 1. The highest BCUT2D eigenvalue weighted by Crippen LogP contribution is 2.32. The van der Waals surface area contributed by atoms with E-state index in [1.54, 1.807) is 21.9 Å². The summed E-state index contributed by atoms with van der Waals surface area (Å²) in [5.41, 5.74) is 7.61. The van der Waals surface area contributed by atoms with E-state index in [4.69, 9.17) is 10.5 Å². The van der Waals surface area contributed by atoms with E-state index in [2.05, 4.69) is 10.2 Å². The Morgan fingerprint density at radius 1 is 1.02 bits per heavy atom. The van der Waals surface area contributed by atoms with Gasteiger partial charge >= 0.3 is 0 Å². The van der Waals surface area contributed by atoms with Crippen LogP contribution in [0.3, 0.4) is 0 Å². The van der Waals surface area contributed by atoms with Crippen LogP contribution in [-0.2, 0) is 19.1 Å². The number of carbonyl (C=O) groups is 4. The lowest BCUT2D eigenvalue weighted by Gasteiger charge is -2.30. The molecule has 10 heteroatoms. The van der Waals surface area contributed by atoms with Gasteiger partial charge in [0.05, 0.1) is 31.8 Å². The van der Waals surface area contributed by atoms with Crippen molar-refractivity contribution in [3.8, 4) is 0 Å². The number of nitrogens with zero attached hydrogens (tertiary/aromatic N) is 3. The normalized spacial score (nSPS) is 22.9. The van der Waals surface area contributed by atoms with Crippen LogP contribution in [0.25, 0.3) is 0 Å². The first-order chi connectivity index (χ1) is 18.9. The molecule has 3 aliphatic rings. The van der Waals surface area contributed by atoms with Crippen LogP contribution in [0, 0.1) is 11.3 Å². The summed E-state index contributed by atoms with van der Waals surface area (Å²) in [7, 11) is 0. The van der Waals surface area contributed by atoms with Gasteiger partial charge in [0, 0.05) is 30.9 Å². The number of morpholine rings is 1. The Morgan fingerprint density at radius 3 is 2.27 bits per heavy atom. The molecular weight excluding hydrogens is 510 g/mol. The number of likely N-dealkylation sites (tertiary alicyclic amines) is 2. The molecule has 3 aliphatic heterocycles. The van der Waals surface area contributed by atoms with Crippen LogP contribution in [0.4, 0.5) is 5.69 Å². The van der Waals surface area contributed by atoms with Crippen molar-refractivity contribution in [3.63, 3.8) is 0 Å². The number of ketones is 1. The van der Waals surface area contributed by atoms with Gasteiger partial charge in [-0.2, -0.15) is 0 Å². The van der Waals surface area contributed by atoms with Crippen molar-refractivity contribution in [3.05, 3.63) is 29.8 Å². The average Bonchev–Trinajstić information content (AvgIpc) is 3.48. The zero-order valence-corrected chi connectivity index (χ0v) is 24.5. The number of fused-ring (bicyclic) bond motifs is 1. The molecule has 0 saturated carbocycles. The van der Waals surface area contributed by atoms with Crippen molar-refractivity contribution in [1.82, 2.24) is 15.1 Å². The highest BCUT2D eigenvalue weighted by molar-refractivity contribution is 6.01. The van der Waals surface area contributed by atoms with Gasteiger partial charge < -0.3 is 30.5 Å². The lowest BCUT2D eigenvalue weighted by atomic mass is 9.88. The number of nitrogens with one attached hydrogen (secondary N) is 1. The molecule has 0 aromatic heterocycles. The molecular formula is C30H45N5O5. The van der Waals surface area contributed by atoms with Gasteiger partial charge in [-0.3, -0.25) is 19.2 Å². The summed E-state index contributed by atoms with van der Waals surface area (Å²) in [6.45, 7) is 13.3. The van der Waals surface area contributed by atoms with Gasteiger partial charge in [-0.1, -0.05) is 34.6 Å². The highest BCUT2D eigenvalue weighted by Gasteiger charge is 2.52. The Hall–Kier alpha value is -2.98. The summed E-state index contributed by atoms with van der Waals surface area (Å²) < 4.78 is 5.41. The highest BCUT2D eigenvalue weighted by atomic mass is 16.5. The van der Waals surface area contributed by atoms with E-state index >= 15 is 0 Å². The predicted molar refractivity (Wildman–Crippen MR) is 153 cm³/mol. The van der Waals surface area contributed by atoms with Gasteiger partial charge in [-0.15, -0.1) is 0 Å². The fourth-order valence-corrected chi connectivity index (χ4v) is 6.10. The maximum absolute atomic E-state index is 13.8. The molecule has 10 nitrogen and oxygen atoms in total. The molecule has 0 radical (unpaired) electrons. The van der Waals surface area contributed by atoms with Crippen LogP contribution in [0.15, 0.2) is 24.3 Å². The third-order valence-electron chi connectivity index (χ3n) is 7.95. The molecule has 4 rings (SSSR count). The van der Waals surface area contributed by atoms with Crippen LogP contribution in [-0.4, -0.2) is 96.9 Å². The number of Topliss-reactive ketones (excluding diaryl/α,β-unsaturated/α-hetero) is 1. The fourth-order valence-electron chi connectivity index (χ4n) is 6.10. The van der Waals surface area contributed by atoms with E-state index in [0.717, 1.165) is 18.8 Å². The topological polar surface area (TPSA) is 125 Å². The predicted octanol–water partition coefficient (Wildman–Crippen LogP) is 1.81. The first-order valence-corrected chi connectivity index (χ1v) is 14.5. The Morgan fingerprint density at radius 2 is 1.68 bits per heavy atom. The number of carbonyl (C=O) groups excluding carboxylic acids is 4. The second-order valence-electron chi connectivity index (χ2n) is 12.9. The largest absolute Gasteiger partial charge is 0.378 e. The number of hydrogen-bond donors (Lipinski definition) is 2. The molecule has 4 unspecified atom stereocenters. The Balaban J connectivity index is 1.44. The van der Waals surface area contributed by atoms with Gasteiger partial charge in [-0.25, -0.2) is 0 Å². The van der Waals surface area contributed by atoms with Crippen LogP contribution >= 0.6 is 0 Å². The Labute approximate surface area is 237 Å². The standard InChI is InChI=1S/C30H45N5O5/c1-19(2)16-23(32-27(37)20-6-8-21(9-7-20)33-12-14-40-15-13-33)29(39)34-11-10-24-26(34)25(36)18-35(24)28(38)22(31)17-30(3,4)5/h6-9,19,22-24,26H,10-18,31H2,1-5H3,(H,32,37). The van der Waals surface area contributed by atoms with Gasteiger partial charge in [0.15, 0.2) is 5.78 Å². The van der Waals surface area contributed by atoms with Gasteiger partial charge in [0.25, 0.3) is 5.91 Å². The minimum absolute atomic E-state index is 0.0352. The molecule has 40 heavy (non-hydrogen) atoms. The molecule has 220 valence electrons. The number of hydrogen-bond acceptors (Lipinski definition) is 7. The molecule has 3 amide bonds. The quantitative estimate of drug-likeness (QED) is 0.501. The van der Waals surface area contributed by atoms with Crippen molar-refractivity contribution in [2.75, 3.05) is 44.3 Å². The number of ether oxygens (including phenoxy) is 1. The molecule has 0 spiro atoms. The van der Waals surface area contributed by atoms with Crippen molar-refractivity contribution in [2.45, 2.75) is 78.0 Å². The molecule has 4 atom stereocenters. The third kappa shape index (κ3) is 6.83. The lowest BCUT2D eigenvalue weighted by Crippen LogP contribution is -2.53. The molecule has 3 saturated heterocycles. The van der Waals surface area contributed by atoms with Crippen molar-refractivity contribution < 1.29 is 23.9 Å². The average molecular weight is 556 g/mol. The molecule has 0 aliphatic carbocycles. The Kier molecular flexibility index (Phi) is 9.19. The summed E-state index contributed by atoms with van der Waals surface area (Å²) in [5, 5.41) is 2.94. The first-order valence-electron chi connectivity index (χ1n) is 14.5. The van der Waals surface area contributed by atoms with Crippen molar-refractivity contribution >= 4 is 29.2 Å². The van der Waals surface area contributed by atoms with Crippen molar-refractivity contribution in [1.29, 1.82) is 0 Å². The second kappa shape index (κ2) is 12.3. The first kappa shape index (κ1) is 30.0. The summed E-state index contributed by atoms with van der Waals surface area (Å²) in [6, 6.07) is 4.83. The minimum Gasteiger partial charge on any atom is -0.378 e. The number of amides is 3. The van der Waals surface area contributed by atoms with E-state index in [1.807, 2.05) is 46.8 Å². The third-order valence-corrected chi connectivity index (χ3v) is 7.95. The van der Waals surface area contributed by atoms with E-state index in [1.165, 1.54) is 0 Å². The minimum atomic E-state index is -0.772. The van der Waals surface area contributed by atoms with E-state index in [9.17, 15) is 19.2 Å². The molecule has 0 bridgehead atoms. The number of rotatable bonds is 8. The second-order valence-corrected chi connectivity index (χ2v) is 12.9. The van der Waals surface area contributed by atoms with E-state index in [-0.39, 0.29) is 47.4 Å². The smallest absolute Gasteiger partial charge is 0.251 e. The fraction of sp³-hybridized carbons (Fsp3) is 0.667. The zero-order valence-electron chi connectivity index (χ0n) is 24.5. The van der Waals surface area contributed by atoms with Crippen molar-refractivity contribution in [2.24, 2.45) is 17.1 Å². The van der Waals surface area contributed by atoms with Gasteiger partial charge in [0.1, 0.15) is 12.1 Å². The zero-order chi connectivity index (χ0) is 29.2. The van der Waals surface area contributed by atoms with Crippen LogP contribution < -0.4 is 16.0 Å². The monoisotopic (exact) mass is 555 g/mol. The van der Waals surface area contributed by atoms with Gasteiger partial charge in [0.2, 0.25) is 11.8 Å². The van der Waals surface area contributed by atoms with Crippen LogP contribution in [0.2, 0.25) is 0 Å².